The van der Waals surface area contributed by atoms with E-state index in [1.54, 1.807) is 36.4 Å². The van der Waals surface area contributed by atoms with Crippen molar-refractivity contribution in [2.75, 3.05) is 0 Å². The van der Waals surface area contributed by atoms with E-state index in [0.717, 1.165) is 11.0 Å². The van der Waals surface area contributed by atoms with Crippen molar-refractivity contribution in [3.8, 4) is 11.5 Å². The van der Waals surface area contributed by atoms with E-state index < -0.39 is 24.2 Å². The maximum Gasteiger partial charge on any atom is 0.495 e. The molecule has 1 heterocycles. The molecule has 0 unspecified atom stereocenters. The van der Waals surface area contributed by atoms with E-state index in [0.29, 0.717) is 17.1 Å². The highest BCUT2D eigenvalue weighted by molar-refractivity contribution is 6.62. The first kappa shape index (κ1) is 21.9. The monoisotopic (exact) mass is 411 g/mol. The zero-order valence-corrected chi connectivity index (χ0v) is 17.9. The predicted octanol–water partition coefficient (Wildman–Crippen LogP) is 2.94. The maximum atomic E-state index is 11.4. The summed E-state index contributed by atoms with van der Waals surface area (Å²) in [4.78, 5) is 22.6. The van der Waals surface area contributed by atoms with Crippen LogP contribution in [0.3, 0.4) is 0 Å². The van der Waals surface area contributed by atoms with Crippen LogP contribution in [0, 0.1) is 0 Å². The first-order valence-electron chi connectivity index (χ1n) is 9.68. The average Bonchev–Trinajstić information content (AvgIpc) is 2.87. The Bertz CT molecular complexity index is 939. The average molecular weight is 411 g/mol. The molecule has 8 heteroatoms. The molecule has 1 aliphatic heterocycles. The fraction of sp³-hybridized carbons (Fsp3) is 0.364. The second-order valence-corrected chi connectivity index (χ2v) is 8.22. The lowest BCUT2D eigenvalue weighted by atomic mass is 9.76. The summed E-state index contributed by atoms with van der Waals surface area (Å²) in [6.45, 7) is 9.33. The minimum Gasteiger partial charge on any atom is -0.461 e. The van der Waals surface area contributed by atoms with E-state index in [4.69, 9.17) is 24.5 Å². The Labute approximate surface area is 176 Å². The highest BCUT2D eigenvalue weighted by Crippen LogP contribution is 2.37. The van der Waals surface area contributed by atoms with Gasteiger partial charge in [0, 0.05) is 12.5 Å². The van der Waals surface area contributed by atoms with Crippen LogP contribution in [0.1, 0.15) is 50.5 Å². The first-order valence-corrected chi connectivity index (χ1v) is 9.68. The topological polar surface area (TPSA) is 97.1 Å². The number of amides is 1. The van der Waals surface area contributed by atoms with Crippen LogP contribution < -0.4 is 15.9 Å². The predicted molar refractivity (Wildman–Crippen MR) is 113 cm³/mol. The molecule has 1 saturated heterocycles. The Hall–Kier alpha value is -2.84. The molecule has 1 aliphatic rings. The van der Waals surface area contributed by atoms with Crippen molar-refractivity contribution in [3.05, 3.63) is 53.6 Å². The lowest BCUT2D eigenvalue weighted by molar-refractivity contribution is -0.142. The third kappa shape index (κ3) is 4.66. The van der Waals surface area contributed by atoms with Gasteiger partial charge >= 0.3 is 13.1 Å². The lowest BCUT2D eigenvalue weighted by Gasteiger charge is -2.32. The van der Waals surface area contributed by atoms with Crippen LogP contribution in [0.2, 0.25) is 0 Å². The Kier molecular flexibility index (Phi) is 5.92. The van der Waals surface area contributed by atoms with Crippen LogP contribution in [0.5, 0.6) is 11.5 Å². The molecular weight excluding hydrogens is 385 g/mol. The maximum absolute atomic E-state index is 11.4. The van der Waals surface area contributed by atoms with Gasteiger partial charge < -0.3 is 24.5 Å². The molecule has 0 atom stereocenters. The van der Waals surface area contributed by atoms with Gasteiger partial charge in [-0.05, 0) is 75.1 Å². The molecule has 1 amide bonds. The van der Waals surface area contributed by atoms with E-state index in [1.165, 1.54) is 6.92 Å². The Morgan fingerprint density at radius 2 is 1.53 bits per heavy atom. The number of carbonyl (C=O) groups excluding carboxylic acids is 2. The van der Waals surface area contributed by atoms with Crippen LogP contribution in [-0.2, 0) is 25.4 Å². The minimum absolute atomic E-state index is 0.0621. The lowest BCUT2D eigenvalue weighted by Crippen LogP contribution is -2.41. The van der Waals surface area contributed by atoms with Crippen LogP contribution in [0.15, 0.2) is 42.5 Å². The summed E-state index contributed by atoms with van der Waals surface area (Å²) in [7, 11) is -0.593. The van der Waals surface area contributed by atoms with Crippen molar-refractivity contribution in [1.29, 1.82) is 0 Å². The summed E-state index contributed by atoms with van der Waals surface area (Å²) in [6, 6.07) is 11.9. The van der Waals surface area contributed by atoms with Gasteiger partial charge in [0.25, 0.3) is 0 Å². The van der Waals surface area contributed by atoms with E-state index in [-0.39, 0.29) is 12.6 Å². The third-order valence-corrected chi connectivity index (χ3v) is 5.43. The largest absolute Gasteiger partial charge is 0.495 e. The fourth-order valence-corrected chi connectivity index (χ4v) is 2.97. The molecule has 0 aromatic heterocycles. The summed E-state index contributed by atoms with van der Waals surface area (Å²) in [5.41, 5.74) is 6.16. The smallest absolute Gasteiger partial charge is 0.461 e. The number of benzene rings is 2. The molecule has 1 fully saturated rings. The van der Waals surface area contributed by atoms with Gasteiger partial charge in [-0.1, -0.05) is 6.07 Å². The van der Waals surface area contributed by atoms with Gasteiger partial charge in [-0.3, -0.25) is 9.59 Å². The Morgan fingerprint density at radius 1 is 0.967 bits per heavy atom. The van der Waals surface area contributed by atoms with Crippen LogP contribution in [-0.4, -0.2) is 30.2 Å². The molecule has 2 N–H and O–H groups in total. The second-order valence-electron chi connectivity index (χ2n) is 8.22. The molecule has 0 aliphatic carbocycles. The number of ether oxygens (including phenoxy) is 2. The SMILES string of the molecule is CC(=O)OCc1cc(Oc2ccc(C(N)=O)cc2)ccc1B1OC(C)(C)C(C)(C)O1. The van der Waals surface area contributed by atoms with E-state index in [2.05, 4.69) is 0 Å². The van der Waals surface area contributed by atoms with Crippen molar-refractivity contribution in [3.63, 3.8) is 0 Å². The summed E-state index contributed by atoms with van der Waals surface area (Å²) < 4.78 is 23.4. The quantitative estimate of drug-likeness (QED) is 0.580. The molecule has 7 nitrogen and oxygen atoms in total. The number of primary amides is 1. The minimum atomic E-state index is -0.593. The van der Waals surface area contributed by atoms with Crippen molar-refractivity contribution >= 4 is 24.5 Å². The molecule has 0 radical (unpaired) electrons. The van der Waals surface area contributed by atoms with Crippen molar-refractivity contribution in [1.82, 2.24) is 0 Å². The molecule has 0 bridgehead atoms. The van der Waals surface area contributed by atoms with E-state index in [1.807, 2.05) is 33.8 Å². The zero-order valence-electron chi connectivity index (χ0n) is 17.9. The second kappa shape index (κ2) is 8.12. The van der Waals surface area contributed by atoms with Gasteiger partial charge in [0.05, 0.1) is 11.2 Å². The number of carbonyl (C=O) groups is 2. The van der Waals surface area contributed by atoms with Crippen LogP contribution >= 0.6 is 0 Å². The molecule has 2 aromatic rings. The Balaban J connectivity index is 1.87. The normalized spacial score (nSPS) is 16.9. The number of nitrogens with two attached hydrogens (primary N) is 1. The van der Waals surface area contributed by atoms with Gasteiger partial charge in [0.1, 0.15) is 18.1 Å². The van der Waals surface area contributed by atoms with Gasteiger partial charge in [0.15, 0.2) is 0 Å². The highest BCUT2D eigenvalue weighted by Gasteiger charge is 2.52. The van der Waals surface area contributed by atoms with Gasteiger partial charge in [0.2, 0.25) is 5.91 Å². The molecule has 0 spiro atoms. The van der Waals surface area contributed by atoms with E-state index >= 15 is 0 Å². The van der Waals surface area contributed by atoms with Gasteiger partial charge in [-0.25, -0.2) is 0 Å². The summed E-state index contributed by atoms with van der Waals surface area (Å²) >= 11 is 0. The van der Waals surface area contributed by atoms with Gasteiger partial charge in [-0.15, -0.1) is 0 Å². The zero-order chi connectivity index (χ0) is 22.1. The fourth-order valence-electron chi connectivity index (χ4n) is 2.97. The summed E-state index contributed by atoms with van der Waals surface area (Å²) in [5.74, 6) is 0.200. The first-order chi connectivity index (χ1) is 14.0. The van der Waals surface area contributed by atoms with Crippen LogP contribution in [0.4, 0.5) is 0 Å². The third-order valence-electron chi connectivity index (χ3n) is 5.43. The van der Waals surface area contributed by atoms with Crippen molar-refractivity contribution in [2.24, 2.45) is 5.73 Å². The molecule has 158 valence electrons. The van der Waals surface area contributed by atoms with Crippen molar-refractivity contribution in [2.45, 2.75) is 52.4 Å². The molecular formula is C22H26BNO6. The van der Waals surface area contributed by atoms with Gasteiger partial charge in [-0.2, -0.15) is 0 Å². The number of rotatable bonds is 6. The number of hydrogen-bond acceptors (Lipinski definition) is 6. The molecule has 3 rings (SSSR count). The highest BCUT2D eigenvalue weighted by atomic mass is 16.7. The molecule has 30 heavy (non-hydrogen) atoms. The Morgan fingerprint density at radius 3 is 2.07 bits per heavy atom. The summed E-state index contributed by atoms with van der Waals surface area (Å²) in [6.07, 6.45) is 0. The number of esters is 1. The molecule has 0 saturated carbocycles. The number of hydrogen-bond donors (Lipinski definition) is 1. The van der Waals surface area contributed by atoms with Crippen molar-refractivity contribution < 1.29 is 28.4 Å². The summed E-state index contributed by atoms with van der Waals surface area (Å²) in [5, 5.41) is 0. The molecule has 2 aromatic carbocycles. The standard InChI is InChI=1S/C22H26BNO6/c1-14(25)27-13-16-12-18(28-17-8-6-15(7-9-17)20(24)26)10-11-19(16)23-29-21(2,3)22(4,5)30-23/h6-12H,13H2,1-5H3,(H2,24,26). The van der Waals surface area contributed by atoms with E-state index in [9.17, 15) is 9.59 Å². The van der Waals surface area contributed by atoms with Crippen LogP contribution in [0.25, 0.3) is 0 Å².